The Balaban J connectivity index is 1.43. The lowest BCUT2D eigenvalue weighted by atomic mass is 10.0. The number of H-pyrrole nitrogens is 1. The third-order valence-electron chi connectivity index (χ3n) is 5.84. The second kappa shape index (κ2) is 10.2. The van der Waals surface area contributed by atoms with Crippen molar-refractivity contribution >= 4 is 5.91 Å². The van der Waals surface area contributed by atoms with Crippen LogP contribution in [0.25, 0.3) is 11.1 Å². The molecule has 0 bridgehead atoms. The lowest BCUT2D eigenvalue weighted by Crippen LogP contribution is -2.56. The van der Waals surface area contributed by atoms with E-state index in [0.717, 1.165) is 6.07 Å². The second-order valence-electron chi connectivity index (χ2n) is 7.91. The van der Waals surface area contributed by atoms with Crippen LogP contribution in [0.5, 0.6) is 0 Å². The van der Waals surface area contributed by atoms with Gasteiger partial charge in [-0.15, -0.1) is 0 Å². The molecule has 4 rings (SSSR count). The third kappa shape index (κ3) is 5.24. The quantitative estimate of drug-likeness (QED) is 0.418. The molecule has 1 aliphatic rings. The summed E-state index contributed by atoms with van der Waals surface area (Å²) in [6.07, 6.45) is 1.84. The Morgan fingerprint density at radius 2 is 2.00 bits per heavy atom. The summed E-state index contributed by atoms with van der Waals surface area (Å²) in [6.45, 7) is 1.77. The second-order valence-corrected chi connectivity index (χ2v) is 7.91. The summed E-state index contributed by atoms with van der Waals surface area (Å²) in [7, 11) is 0. The normalized spacial score (nSPS) is 16.8. The van der Waals surface area contributed by atoms with E-state index in [9.17, 15) is 18.0 Å². The molecule has 10 heteroatoms. The van der Waals surface area contributed by atoms with Crippen molar-refractivity contribution in [2.45, 2.75) is 12.5 Å². The zero-order chi connectivity index (χ0) is 23.4. The number of piperazine rings is 1. The number of carbonyl (C=O) groups excluding carboxylic acids is 1. The summed E-state index contributed by atoms with van der Waals surface area (Å²) in [5, 5.41) is 14.9. The molecule has 2 aromatic carbocycles. The van der Waals surface area contributed by atoms with E-state index in [1.165, 1.54) is 18.3 Å². The molecule has 174 valence electrons. The maximum Gasteiger partial charge on any atom is 0.253 e. The van der Waals surface area contributed by atoms with Gasteiger partial charge in [0.2, 0.25) is 5.95 Å². The number of aromatic nitrogens is 2. The summed E-state index contributed by atoms with van der Waals surface area (Å²) in [5.74, 6) is -2.58. The van der Waals surface area contributed by atoms with Crippen molar-refractivity contribution < 1.29 is 28.1 Å². The van der Waals surface area contributed by atoms with Crippen molar-refractivity contribution in [3.63, 3.8) is 0 Å². The molecule has 7 nitrogen and oxygen atoms in total. The number of amides is 1. The minimum Gasteiger partial charge on any atom is -0.336 e. The van der Waals surface area contributed by atoms with Crippen molar-refractivity contribution in [3.05, 3.63) is 77.4 Å². The Kier molecular flexibility index (Phi) is 7.07. The van der Waals surface area contributed by atoms with Crippen LogP contribution in [-0.2, 0) is 11.3 Å². The molecule has 0 spiro atoms. The summed E-state index contributed by atoms with van der Waals surface area (Å²) >= 11 is 0. The highest BCUT2D eigenvalue weighted by molar-refractivity contribution is 5.95. The van der Waals surface area contributed by atoms with Gasteiger partial charge >= 0.3 is 0 Å². The topological polar surface area (TPSA) is 81.7 Å². The van der Waals surface area contributed by atoms with Crippen molar-refractivity contribution in [2.24, 2.45) is 0 Å². The number of rotatable bonds is 7. The van der Waals surface area contributed by atoms with Gasteiger partial charge in [-0.2, -0.15) is 9.49 Å². The van der Waals surface area contributed by atoms with Crippen molar-refractivity contribution in [3.8, 4) is 11.1 Å². The highest BCUT2D eigenvalue weighted by atomic mass is 19.2. The minimum atomic E-state index is -0.893. The monoisotopic (exact) mass is 460 g/mol. The Morgan fingerprint density at radius 1 is 1.15 bits per heavy atom. The van der Waals surface area contributed by atoms with E-state index in [1.807, 2.05) is 4.90 Å². The van der Waals surface area contributed by atoms with Crippen molar-refractivity contribution in [1.29, 1.82) is 0 Å². The fourth-order valence-corrected chi connectivity index (χ4v) is 4.06. The number of carbonyl (C=O) groups is 1. The average Bonchev–Trinajstić information content (AvgIpc) is 3.26. The van der Waals surface area contributed by atoms with Gasteiger partial charge < -0.3 is 4.90 Å². The molecule has 1 unspecified atom stereocenters. The molecule has 0 aliphatic carbocycles. The van der Waals surface area contributed by atoms with E-state index in [4.69, 9.17) is 5.26 Å². The van der Waals surface area contributed by atoms with Crippen LogP contribution in [0.1, 0.15) is 15.9 Å². The number of nitrogens with zero attached hydrogens (tertiary/aromatic N) is 3. The van der Waals surface area contributed by atoms with Gasteiger partial charge in [0.05, 0.1) is 24.4 Å². The Morgan fingerprint density at radius 3 is 2.73 bits per heavy atom. The van der Waals surface area contributed by atoms with Crippen LogP contribution < -0.4 is 0 Å². The lowest BCUT2D eigenvalue weighted by molar-refractivity contribution is -0.253. The van der Waals surface area contributed by atoms with Crippen LogP contribution in [0, 0.1) is 17.6 Å². The van der Waals surface area contributed by atoms with Crippen LogP contribution in [0.15, 0.2) is 48.7 Å². The van der Waals surface area contributed by atoms with Gasteiger partial charge in [0, 0.05) is 31.7 Å². The number of benzene rings is 2. The van der Waals surface area contributed by atoms with E-state index in [1.54, 1.807) is 29.2 Å². The van der Waals surface area contributed by atoms with Crippen LogP contribution in [-0.4, -0.2) is 70.0 Å². The van der Waals surface area contributed by atoms with Gasteiger partial charge in [-0.3, -0.25) is 20.1 Å². The van der Waals surface area contributed by atoms with E-state index >= 15 is 0 Å². The maximum absolute atomic E-state index is 13.8. The molecule has 0 radical (unpaired) electrons. The third-order valence-corrected chi connectivity index (χ3v) is 5.84. The van der Waals surface area contributed by atoms with E-state index in [-0.39, 0.29) is 24.1 Å². The lowest BCUT2D eigenvalue weighted by Gasteiger charge is -2.41. The molecule has 1 aromatic heterocycles. The van der Waals surface area contributed by atoms with Crippen LogP contribution in [0.3, 0.4) is 0 Å². The molecule has 2 N–H and O–H groups in total. The number of halogens is 3. The smallest absolute Gasteiger partial charge is 0.253 e. The van der Waals surface area contributed by atoms with Gasteiger partial charge in [0.1, 0.15) is 0 Å². The SMILES string of the molecule is O=C(c1cccc(-c2cn[nH]c2F)c1)N1CCN(CCc2ccc(F)c(F)c2)C(COO)C1. The molecule has 1 saturated heterocycles. The maximum atomic E-state index is 13.8. The highest BCUT2D eigenvalue weighted by Crippen LogP contribution is 2.23. The molecule has 1 atom stereocenters. The molecule has 1 aliphatic heterocycles. The average molecular weight is 460 g/mol. The number of aromatic amines is 1. The van der Waals surface area contributed by atoms with Crippen molar-refractivity contribution in [2.75, 3.05) is 32.8 Å². The first-order valence-electron chi connectivity index (χ1n) is 10.5. The Labute approximate surface area is 188 Å². The summed E-state index contributed by atoms with van der Waals surface area (Å²) in [5.41, 5.74) is 1.87. The first kappa shape index (κ1) is 23.0. The van der Waals surface area contributed by atoms with Crippen molar-refractivity contribution in [1.82, 2.24) is 20.0 Å². The van der Waals surface area contributed by atoms with Crippen LogP contribution in [0.2, 0.25) is 0 Å². The Hall–Kier alpha value is -3.21. The van der Waals surface area contributed by atoms with Gasteiger partial charge in [-0.25, -0.2) is 13.7 Å². The van der Waals surface area contributed by atoms with Crippen LogP contribution in [0.4, 0.5) is 13.2 Å². The first-order valence-corrected chi connectivity index (χ1v) is 10.5. The molecular weight excluding hydrogens is 437 g/mol. The number of hydrogen-bond acceptors (Lipinski definition) is 5. The molecule has 2 heterocycles. The molecule has 1 fully saturated rings. The molecule has 3 aromatic rings. The summed E-state index contributed by atoms with van der Waals surface area (Å²) in [4.78, 5) is 21.2. The standard InChI is InChI=1S/C23H23F3N4O3/c24-20-5-4-15(10-21(20)25)6-7-29-8-9-30(13-18(29)14-33-32)23(31)17-3-1-2-16(11-17)19-12-27-28-22(19)26/h1-5,10-12,18,32H,6-9,13-14H2,(H,27,28). The fourth-order valence-electron chi connectivity index (χ4n) is 4.06. The molecule has 0 saturated carbocycles. The van der Waals surface area contributed by atoms with Gasteiger partial charge in [0.15, 0.2) is 11.6 Å². The molecule has 1 amide bonds. The number of hydrogen-bond donors (Lipinski definition) is 2. The number of nitrogens with one attached hydrogen (secondary N) is 1. The van der Waals surface area contributed by atoms with Gasteiger partial charge in [0.25, 0.3) is 5.91 Å². The predicted molar refractivity (Wildman–Crippen MR) is 114 cm³/mol. The fraction of sp³-hybridized carbons (Fsp3) is 0.304. The summed E-state index contributed by atoms with van der Waals surface area (Å²) < 4.78 is 40.5. The van der Waals surface area contributed by atoms with E-state index < -0.39 is 17.6 Å². The zero-order valence-electron chi connectivity index (χ0n) is 17.7. The van der Waals surface area contributed by atoms with Crippen LogP contribution >= 0.6 is 0 Å². The molecule has 33 heavy (non-hydrogen) atoms. The van der Waals surface area contributed by atoms with E-state index in [2.05, 4.69) is 15.1 Å². The summed E-state index contributed by atoms with van der Waals surface area (Å²) in [6, 6.07) is 10.2. The highest BCUT2D eigenvalue weighted by Gasteiger charge is 2.30. The largest absolute Gasteiger partial charge is 0.336 e. The Bertz CT molecular complexity index is 1120. The van der Waals surface area contributed by atoms with E-state index in [0.29, 0.717) is 49.3 Å². The molecular formula is C23H23F3N4O3. The van der Waals surface area contributed by atoms with Gasteiger partial charge in [-0.05, 0) is 41.8 Å². The predicted octanol–water partition coefficient (Wildman–Crippen LogP) is 3.35. The minimum absolute atomic E-state index is 0.0121. The zero-order valence-corrected chi connectivity index (χ0v) is 17.7. The first-order chi connectivity index (χ1) is 16.0. The van der Waals surface area contributed by atoms with Gasteiger partial charge in [-0.1, -0.05) is 18.2 Å².